The third-order valence-corrected chi connectivity index (χ3v) is 4.22. The van der Waals surface area contributed by atoms with Gasteiger partial charge in [0.2, 0.25) is 0 Å². The van der Waals surface area contributed by atoms with Crippen LogP contribution in [0.3, 0.4) is 0 Å². The number of hydrogen-bond acceptors (Lipinski definition) is 5. The standard InChI is InChI=1S/C12H14N2O3S/c1-9-8-18-5-4-13(9)12-3-2-11(14(16)17)6-10(12)7-15/h2-3,6-7,9H,4-5,8H2,1H3. The van der Waals surface area contributed by atoms with E-state index in [9.17, 15) is 14.9 Å². The molecule has 96 valence electrons. The first-order chi connectivity index (χ1) is 8.63. The number of anilines is 1. The summed E-state index contributed by atoms with van der Waals surface area (Å²) < 4.78 is 0. The van der Waals surface area contributed by atoms with E-state index in [2.05, 4.69) is 11.8 Å². The van der Waals surface area contributed by atoms with Gasteiger partial charge < -0.3 is 4.90 Å². The second-order valence-corrected chi connectivity index (χ2v) is 5.39. The lowest BCUT2D eigenvalue weighted by molar-refractivity contribution is -0.384. The van der Waals surface area contributed by atoms with E-state index in [4.69, 9.17) is 0 Å². The van der Waals surface area contributed by atoms with Gasteiger partial charge in [-0.25, -0.2) is 0 Å². The smallest absolute Gasteiger partial charge is 0.270 e. The Morgan fingerprint density at radius 2 is 2.33 bits per heavy atom. The molecule has 0 N–H and O–H groups in total. The monoisotopic (exact) mass is 266 g/mol. The summed E-state index contributed by atoms with van der Waals surface area (Å²) in [6.07, 6.45) is 0.691. The van der Waals surface area contributed by atoms with Crippen LogP contribution in [-0.2, 0) is 0 Å². The normalized spacial score (nSPS) is 19.6. The van der Waals surface area contributed by atoms with Crippen LogP contribution in [0.15, 0.2) is 18.2 Å². The van der Waals surface area contributed by atoms with Crippen molar-refractivity contribution < 1.29 is 9.72 Å². The van der Waals surface area contributed by atoms with Gasteiger partial charge in [0.1, 0.15) is 0 Å². The lowest BCUT2D eigenvalue weighted by Gasteiger charge is -2.35. The number of nitro benzene ring substituents is 1. The lowest BCUT2D eigenvalue weighted by Crippen LogP contribution is -2.40. The number of nitrogens with zero attached hydrogens (tertiary/aromatic N) is 2. The molecule has 1 heterocycles. The maximum Gasteiger partial charge on any atom is 0.270 e. The number of non-ortho nitro benzene ring substituents is 1. The number of nitro groups is 1. The minimum absolute atomic E-state index is 0.0418. The van der Waals surface area contributed by atoms with E-state index in [0.717, 1.165) is 23.7 Å². The average Bonchev–Trinajstić information content (AvgIpc) is 2.38. The largest absolute Gasteiger partial charge is 0.367 e. The first kappa shape index (κ1) is 12.9. The van der Waals surface area contributed by atoms with Crippen LogP contribution >= 0.6 is 11.8 Å². The molecule has 0 bridgehead atoms. The molecule has 0 aliphatic carbocycles. The highest BCUT2D eigenvalue weighted by Gasteiger charge is 2.22. The molecule has 1 atom stereocenters. The van der Waals surface area contributed by atoms with Gasteiger partial charge in [-0.2, -0.15) is 11.8 Å². The molecule has 6 heteroatoms. The second kappa shape index (κ2) is 5.39. The molecule has 1 aliphatic rings. The number of hydrogen-bond donors (Lipinski definition) is 0. The summed E-state index contributed by atoms with van der Waals surface area (Å²) in [5.41, 5.74) is 1.14. The minimum Gasteiger partial charge on any atom is -0.367 e. The van der Waals surface area contributed by atoms with Crippen molar-refractivity contribution in [2.45, 2.75) is 13.0 Å². The molecular formula is C12H14N2O3S. The van der Waals surface area contributed by atoms with Gasteiger partial charge in [-0.1, -0.05) is 0 Å². The van der Waals surface area contributed by atoms with Gasteiger partial charge in [0.15, 0.2) is 6.29 Å². The zero-order valence-electron chi connectivity index (χ0n) is 10.0. The van der Waals surface area contributed by atoms with Crippen molar-refractivity contribution in [1.82, 2.24) is 0 Å². The highest BCUT2D eigenvalue weighted by Crippen LogP contribution is 2.29. The molecule has 1 aromatic carbocycles. The fraction of sp³-hybridized carbons (Fsp3) is 0.417. The molecule has 0 amide bonds. The predicted molar refractivity (Wildman–Crippen MR) is 72.6 cm³/mol. The molecule has 1 aliphatic heterocycles. The van der Waals surface area contributed by atoms with Crippen LogP contribution in [0.25, 0.3) is 0 Å². The SMILES string of the molecule is CC1CSCCN1c1ccc([N+](=O)[O-])cc1C=O. The van der Waals surface area contributed by atoms with E-state index in [1.165, 1.54) is 12.1 Å². The zero-order valence-corrected chi connectivity index (χ0v) is 10.9. The summed E-state index contributed by atoms with van der Waals surface area (Å²) in [5.74, 6) is 2.02. The Morgan fingerprint density at radius 1 is 1.56 bits per heavy atom. The van der Waals surface area contributed by atoms with Gasteiger partial charge in [-0.05, 0) is 13.0 Å². The summed E-state index contributed by atoms with van der Waals surface area (Å²) in [6, 6.07) is 4.81. The van der Waals surface area contributed by atoms with Gasteiger partial charge in [-0.3, -0.25) is 14.9 Å². The van der Waals surface area contributed by atoms with Crippen molar-refractivity contribution in [2.24, 2.45) is 0 Å². The third kappa shape index (κ3) is 2.48. The van der Waals surface area contributed by atoms with Crippen molar-refractivity contribution >= 4 is 29.4 Å². The quantitative estimate of drug-likeness (QED) is 0.477. The van der Waals surface area contributed by atoms with Crippen molar-refractivity contribution in [3.8, 4) is 0 Å². The Hall–Kier alpha value is -1.56. The topological polar surface area (TPSA) is 63.4 Å². The lowest BCUT2D eigenvalue weighted by atomic mass is 10.1. The van der Waals surface area contributed by atoms with Gasteiger partial charge in [0, 0.05) is 47.5 Å². The molecule has 2 rings (SSSR count). The third-order valence-electron chi connectivity index (χ3n) is 3.03. The van der Waals surface area contributed by atoms with Crippen LogP contribution < -0.4 is 4.90 Å². The maximum atomic E-state index is 11.1. The van der Waals surface area contributed by atoms with E-state index >= 15 is 0 Å². The molecule has 0 radical (unpaired) electrons. The van der Waals surface area contributed by atoms with Crippen molar-refractivity contribution in [3.63, 3.8) is 0 Å². The van der Waals surface area contributed by atoms with Gasteiger partial charge in [0.05, 0.1) is 4.92 Å². The van der Waals surface area contributed by atoms with Crippen molar-refractivity contribution in [3.05, 3.63) is 33.9 Å². The maximum absolute atomic E-state index is 11.1. The van der Waals surface area contributed by atoms with Gasteiger partial charge >= 0.3 is 0 Å². The van der Waals surface area contributed by atoms with E-state index in [1.54, 1.807) is 6.07 Å². The highest BCUT2D eigenvalue weighted by atomic mass is 32.2. The molecule has 18 heavy (non-hydrogen) atoms. The minimum atomic E-state index is -0.480. The average molecular weight is 266 g/mol. The number of carbonyl (C=O) groups is 1. The van der Waals surface area contributed by atoms with Crippen LogP contribution in [0.2, 0.25) is 0 Å². The Bertz CT molecular complexity index is 478. The molecule has 0 saturated carbocycles. The number of carbonyl (C=O) groups excluding carboxylic acids is 1. The number of thioether (sulfide) groups is 1. The molecule has 5 nitrogen and oxygen atoms in total. The van der Waals surface area contributed by atoms with E-state index < -0.39 is 4.92 Å². The first-order valence-electron chi connectivity index (χ1n) is 5.71. The number of rotatable bonds is 3. The Balaban J connectivity index is 2.37. The summed E-state index contributed by atoms with van der Waals surface area (Å²) >= 11 is 1.88. The van der Waals surface area contributed by atoms with E-state index in [-0.39, 0.29) is 5.69 Å². The van der Waals surface area contributed by atoms with Crippen LogP contribution in [0.5, 0.6) is 0 Å². The molecular weight excluding hydrogens is 252 g/mol. The number of benzene rings is 1. The van der Waals surface area contributed by atoms with E-state index in [0.29, 0.717) is 17.9 Å². The van der Waals surface area contributed by atoms with Crippen LogP contribution in [0.1, 0.15) is 17.3 Å². The Morgan fingerprint density at radius 3 is 2.94 bits per heavy atom. The fourth-order valence-corrected chi connectivity index (χ4v) is 3.11. The molecule has 1 saturated heterocycles. The summed E-state index contributed by atoms with van der Waals surface area (Å²) in [6.45, 7) is 2.96. The predicted octanol–water partition coefficient (Wildman–Crippen LogP) is 2.35. The Labute approximate surface area is 109 Å². The van der Waals surface area contributed by atoms with Crippen LogP contribution in [0.4, 0.5) is 11.4 Å². The molecule has 0 aromatic heterocycles. The molecule has 0 spiro atoms. The molecule has 1 aromatic rings. The number of aldehydes is 1. The summed E-state index contributed by atoms with van der Waals surface area (Å²) in [4.78, 5) is 23.5. The Kier molecular flexibility index (Phi) is 3.86. The summed E-state index contributed by atoms with van der Waals surface area (Å²) in [5, 5.41) is 10.7. The van der Waals surface area contributed by atoms with Crippen molar-refractivity contribution in [1.29, 1.82) is 0 Å². The van der Waals surface area contributed by atoms with E-state index in [1.807, 2.05) is 11.8 Å². The first-order valence-corrected chi connectivity index (χ1v) is 6.87. The summed E-state index contributed by atoms with van der Waals surface area (Å²) in [7, 11) is 0. The zero-order chi connectivity index (χ0) is 13.1. The highest BCUT2D eigenvalue weighted by molar-refractivity contribution is 7.99. The van der Waals surface area contributed by atoms with Gasteiger partial charge in [0.25, 0.3) is 5.69 Å². The molecule has 1 fully saturated rings. The van der Waals surface area contributed by atoms with Crippen molar-refractivity contribution in [2.75, 3.05) is 23.0 Å². The second-order valence-electron chi connectivity index (χ2n) is 4.24. The van der Waals surface area contributed by atoms with Crippen LogP contribution in [-0.4, -0.2) is 35.3 Å². The molecule has 1 unspecified atom stereocenters. The van der Waals surface area contributed by atoms with Crippen LogP contribution in [0, 0.1) is 10.1 Å². The van der Waals surface area contributed by atoms with Gasteiger partial charge in [-0.15, -0.1) is 0 Å². The fourth-order valence-electron chi connectivity index (χ4n) is 2.10.